The van der Waals surface area contributed by atoms with Gasteiger partial charge in [0.05, 0.1) is 6.26 Å². The topological polar surface area (TPSA) is 110 Å². The number of anilines is 1. The van der Waals surface area contributed by atoms with Crippen LogP contribution in [0.25, 0.3) is 5.78 Å². The smallest absolute Gasteiger partial charge is 0.343 e. The van der Waals surface area contributed by atoms with Crippen LogP contribution in [0.2, 0.25) is 0 Å². The number of hydrogen-bond donors (Lipinski definition) is 2. The van der Waals surface area contributed by atoms with Crippen LogP contribution in [0.5, 0.6) is 0 Å². The van der Waals surface area contributed by atoms with E-state index >= 15 is 0 Å². The quantitative estimate of drug-likeness (QED) is 0.578. The molecule has 0 aliphatic carbocycles. The van der Waals surface area contributed by atoms with Crippen LogP contribution in [-0.2, 0) is 7.05 Å². The molecule has 0 saturated carbocycles. The van der Waals surface area contributed by atoms with Crippen LogP contribution < -0.4 is 16.5 Å². The molecule has 1 aliphatic rings. The molecule has 0 saturated heterocycles. The van der Waals surface area contributed by atoms with Crippen molar-refractivity contribution < 1.29 is 4.42 Å². The highest BCUT2D eigenvalue weighted by Gasteiger charge is 2.29. The first-order chi connectivity index (χ1) is 9.66. The Labute approximate surface area is 111 Å². The Kier molecular flexibility index (Phi) is 1.99. The zero-order valence-corrected chi connectivity index (χ0v) is 10.6. The molecular weight excluding hydrogens is 262 g/mol. The number of aromatic nitrogens is 4. The molecule has 4 rings (SSSR count). The third kappa shape index (κ3) is 1.26. The van der Waals surface area contributed by atoms with Crippen molar-refractivity contribution in [3.63, 3.8) is 0 Å². The molecule has 0 amide bonds. The zero-order valence-electron chi connectivity index (χ0n) is 10.6. The Morgan fingerprint density at radius 1 is 1.50 bits per heavy atom. The van der Waals surface area contributed by atoms with Gasteiger partial charge in [-0.2, -0.15) is 4.98 Å². The van der Waals surface area contributed by atoms with Crippen LogP contribution >= 0.6 is 0 Å². The van der Waals surface area contributed by atoms with Gasteiger partial charge < -0.3 is 4.42 Å². The van der Waals surface area contributed by atoms with E-state index in [1.54, 1.807) is 30.0 Å². The molecule has 3 aromatic rings. The summed E-state index contributed by atoms with van der Waals surface area (Å²) in [4.78, 5) is 23.1. The molecule has 0 fully saturated rings. The maximum absolute atomic E-state index is 11.7. The third-order valence-electron chi connectivity index (χ3n) is 3.28. The molecule has 0 bridgehead atoms. The second kappa shape index (κ2) is 3.61. The summed E-state index contributed by atoms with van der Waals surface area (Å²) in [7, 11) is 1.64. The molecular formula is C11H11N7O2. The number of hydrazine groups is 1. The summed E-state index contributed by atoms with van der Waals surface area (Å²) in [5.74, 6) is 7.46. The summed E-state index contributed by atoms with van der Waals surface area (Å²) < 4.78 is 8.45. The molecule has 0 aromatic carbocycles. The predicted octanol–water partition coefficient (Wildman–Crippen LogP) is -0.557. The SMILES string of the molecule is Cn1c(=O)[nH]c2nc3c(n21)C(c1ccco1)=NCN3N. The number of aryl methyl sites for hydroxylation is 1. The van der Waals surface area contributed by atoms with E-state index in [9.17, 15) is 4.79 Å². The van der Waals surface area contributed by atoms with E-state index in [4.69, 9.17) is 10.3 Å². The van der Waals surface area contributed by atoms with Gasteiger partial charge in [-0.25, -0.2) is 19.8 Å². The summed E-state index contributed by atoms with van der Waals surface area (Å²) in [5, 5.41) is 1.42. The van der Waals surface area contributed by atoms with Crippen LogP contribution in [0.4, 0.5) is 5.82 Å². The fraction of sp³-hybridized carbons (Fsp3) is 0.182. The van der Waals surface area contributed by atoms with Gasteiger partial charge in [0.2, 0.25) is 5.78 Å². The first-order valence-corrected chi connectivity index (χ1v) is 5.95. The standard InChI is InChI=1S/C11H11N7O2/c1-16-11(19)15-10-14-9-8(18(10)16)7(13-5-17(9)12)6-3-2-4-20-6/h2-4H,5,12H2,1H3,(H,14,15,19). The number of aliphatic imine (C=N–C) groups is 1. The van der Waals surface area contributed by atoms with Crippen molar-refractivity contribution in [1.82, 2.24) is 19.2 Å². The minimum absolute atomic E-state index is 0.261. The number of nitrogens with zero attached hydrogens (tertiary/aromatic N) is 5. The van der Waals surface area contributed by atoms with Crippen LogP contribution in [0.3, 0.4) is 0 Å². The lowest BCUT2D eigenvalue weighted by Gasteiger charge is -2.20. The van der Waals surface area contributed by atoms with E-state index in [0.29, 0.717) is 28.8 Å². The molecule has 1 aliphatic heterocycles. The van der Waals surface area contributed by atoms with Crippen molar-refractivity contribution in [3.8, 4) is 0 Å². The number of fused-ring (bicyclic) bond motifs is 3. The minimum atomic E-state index is -0.261. The summed E-state index contributed by atoms with van der Waals surface area (Å²) in [6, 6.07) is 3.58. The molecule has 0 radical (unpaired) electrons. The van der Waals surface area contributed by atoms with E-state index in [1.165, 1.54) is 9.69 Å². The van der Waals surface area contributed by atoms with Crippen molar-refractivity contribution in [3.05, 3.63) is 40.3 Å². The van der Waals surface area contributed by atoms with E-state index in [-0.39, 0.29) is 12.4 Å². The Balaban J connectivity index is 2.09. The number of nitrogens with one attached hydrogen (secondary N) is 1. The molecule has 20 heavy (non-hydrogen) atoms. The van der Waals surface area contributed by atoms with Crippen LogP contribution in [0, 0.1) is 0 Å². The lowest BCUT2D eigenvalue weighted by molar-refractivity contribution is 0.555. The number of rotatable bonds is 1. The molecule has 0 spiro atoms. The van der Waals surface area contributed by atoms with Gasteiger partial charge in [-0.1, -0.05) is 0 Å². The molecule has 3 aromatic heterocycles. The second-order valence-electron chi connectivity index (χ2n) is 4.47. The highest BCUT2D eigenvalue weighted by Crippen LogP contribution is 2.25. The molecule has 0 unspecified atom stereocenters. The summed E-state index contributed by atoms with van der Waals surface area (Å²) in [6.45, 7) is 0.275. The first kappa shape index (κ1) is 11.1. The zero-order chi connectivity index (χ0) is 13.9. The van der Waals surface area contributed by atoms with Gasteiger partial charge >= 0.3 is 5.69 Å². The number of imidazole rings is 1. The van der Waals surface area contributed by atoms with Gasteiger partial charge in [0.15, 0.2) is 11.6 Å². The predicted molar refractivity (Wildman–Crippen MR) is 70.7 cm³/mol. The highest BCUT2D eigenvalue weighted by atomic mass is 16.3. The Hall–Kier alpha value is -2.81. The lowest BCUT2D eigenvalue weighted by Crippen LogP contribution is -2.37. The van der Waals surface area contributed by atoms with Crippen molar-refractivity contribution in [2.75, 3.05) is 11.7 Å². The van der Waals surface area contributed by atoms with E-state index in [2.05, 4.69) is 15.0 Å². The molecule has 3 N–H and O–H groups in total. The van der Waals surface area contributed by atoms with Crippen molar-refractivity contribution in [2.24, 2.45) is 17.9 Å². The number of nitrogens with two attached hydrogens (primary N) is 1. The molecule has 9 nitrogen and oxygen atoms in total. The van der Waals surface area contributed by atoms with Crippen LogP contribution in [0.15, 0.2) is 32.6 Å². The maximum Gasteiger partial charge on any atom is 0.343 e. The average Bonchev–Trinajstić information content (AvgIpc) is 3.10. The van der Waals surface area contributed by atoms with Gasteiger partial charge in [0.25, 0.3) is 0 Å². The van der Waals surface area contributed by atoms with Crippen molar-refractivity contribution >= 4 is 17.3 Å². The summed E-state index contributed by atoms with van der Waals surface area (Å²) >= 11 is 0. The van der Waals surface area contributed by atoms with Gasteiger partial charge in [-0.15, -0.1) is 0 Å². The van der Waals surface area contributed by atoms with Crippen molar-refractivity contribution in [1.29, 1.82) is 0 Å². The third-order valence-corrected chi connectivity index (χ3v) is 3.28. The molecule has 4 heterocycles. The molecule has 0 atom stereocenters. The summed E-state index contributed by atoms with van der Waals surface area (Å²) in [5.41, 5.74) is 0.988. The van der Waals surface area contributed by atoms with Gasteiger partial charge in [-0.05, 0) is 12.1 Å². The number of hydrogen-bond acceptors (Lipinski definition) is 6. The average molecular weight is 273 g/mol. The van der Waals surface area contributed by atoms with Gasteiger partial charge in [0.1, 0.15) is 18.1 Å². The lowest BCUT2D eigenvalue weighted by atomic mass is 10.2. The number of H-pyrrole nitrogens is 1. The fourth-order valence-electron chi connectivity index (χ4n) is 2.34. The number of aromatic amines is 1. The normalized spacial score (nSPS) is 14.7. The fourth-order valence-corrected chi connectivity index (χ4v) is 2.34. The van der Waals surface area contributed by atoms with E-state index in [0.717, 1.165) is 0 Å². The number of furan rings is 1. The van der Waals surface area contributed by atoms with Gasteiger partial charge in [0, 0.05) is 7.05 Å². The van der Waals surface area contributed by atoms with Gasteiger partial charge in [-0.3, -0.25) is 15.0 Å². The first-order valence-electron chi connectivity index (χ1n) is 5.95. The Bertz CT molecular complexity index is 880. The molecule has 102 valence electrons. The largest absolute Gasteiger partial charge is 0.463 e. The van der Waals surface area contributed by atoms with E-state index in [1.807, 2.05) is 0 Å². The van der Waals surface area contributed by atoms with Crippen LogP contribution in [0.1, 0.15) is 11.5 Å². The second-order valence-corrected chi connectivity index (χ2v) is 4.47. The van der Waals surface area contributed by atoms with E-state index < -0.39 is 0 Å². The highest BCUT2D eigenvalue weighted by molar-refractivity contribution is 6.14. The van der Waals surface area contributed by atoms with Crippen molar-refractivity contribution in [2.45, 2.75) is 0 Å². The monoisotopic (exact) mass is 273 g/mol. The summed E-state index contributed by atoms with van der Waals surface area (Å²) in [6.07, 6.45) is 1.57. The minimum Gasteiger partial charge on any atom is -0.463 e. The van der Waals surface area contributed by atoms with Crippen LogP contribution in [-0.4, -0.2) is 31.5 Å². The molecule has 9 heteroatoms. The maximum atomic E-state index is 11.7. The Morgan fingerprint density at radius 3 is 3.10 bits per heavy atom. The Morgan fingerprint density at radius 2 is 2.35 bits per heavy atom.